The number of hydrogen-bond acceptors (Lipinski definition) is 5. The van der Waals surface area contributed by atoms with Crippen LogP contribution in [0.5, 0.6) is 0 Å². The zero-order valence-corrected chi connectivity index (χ0v) is 15.1. The quantitative estimate of drug-likeness (QED) is 0.869. The number of rotatable bonds is 5. The van der Waals surface area contributed by atoms with Gasteiger partial charge in [-0.2, -0.15) is 0 Å². The highest BCUT2D eigenvalue weighted by molar-refractivity contribution is 6.28. The Morgan fingerprint density at radius 2 is 2.31 bits per heavy atom. The second-order valence-electron chi connectivity index (χ2n) is 7.63. The fourth-order valence-electron chi connectivity index (χ4n) is 5.04. The van der Waals surface area contributed by atoms with Gasteiger partial charge in [-0.25, -0.2) is 0 Å². The van der Waals surface area contributed by atoms with E-state index in [1.54, 1.807) is 12.1 Å². The summed E-state index contributed by atoms with van der Waals surface area (Å²) in [7, 11) is 0. The first kappa shape index (κ1) is 16.4. The molecule has 3 aliphatic heterocycles. The number of likely N-dealkylation sites (tertiary alicyclic amines) is 1. The summed E-state index contributed by atoms with van der Waals surface area (Å²) in [6.07, 6.45) is 5.41. The lowest BCUT2D eigenvalue weighted by molar-refractivity contribution is 0.00168. The Hall–Kier alpha value is -1.76. The number of halogens is 1. The third-order valence-electron chi connectivity index (χ3n) is 6.14. The summed E-state index contributed by atoms with van der Waals surface area (Å²) < 4.78 is 16.9. The molecule has 1 spiro atoms. The Morgan fingerprint density at radius 1 is 1.38 bits per heavy atom. The van der Waals surface area contributed by atoms with E-state index in [1.807, 2.05) is 6.07 Å². The van der Waals surface area contributed by atoms with Crippen LogP contribution in [-0.4, -0.2) is 42.1 Å². The Kier molecular flexibility index (Phi) is 3.88. The molecule has 0 unspecified atom stereocenters. The van der Waals surface area contributed by atoms with Crippen molar-refractivity contribution in [1.82, 2.24) is 10.2 Å². The van der Waals surface area contributed by atoms with E-state index >= 15 is 0 Å². The number of nitrogens with one attached hydrogen (secondary N) is 1. The third-order valence-corrected chi connectivity index (χ3v) is 6.35. The summed E-state index contributed by atoms with van der Waals surface area (Å²) in [6.45, 7) is 3.26. The molecule has 2 bridgehead atoms. The molecule has 5 heterocycles. The van der Waals surface area contributed by atoms with E-state index in [0.717, 1.165) is 38.2 Å². The van der Waals surface area contributed by atoms with Crippen molar-refractivity contribution >= 4 is 17.5 Å². The van der Waals surface area contributed by atoms with Gasteiger partial charge in [0.25, 0.3) is 5.91 Å². The maximum atomic E-state index is 12.2. The first-order chi connectivity index (χ1) is 12.6. The highest BCUT2D eigenvalue weighted by Gasteiger charge is 2.62. The molecule has 2 aromatic rings. The molecule has 2 aromatic heterocycles. The summed E-state index contributed by atoms with van der Waals surface area (Å²) in [6, 6.07) is 5.39. The number of ether oxygens (including phenoxy) is 1. The highest BCUT2D eigenvalue weighted by atomic mass is 35.5. The lowest BCUT2D eigenvalue weighted by Gasteiger charge is -2.29. The molecule has 3 aliphatic rings. The molecule has 0 aliphatic carbocycles. The number of nitrogens with zero attached hydrogens (tertiary/aromatic N) is 1. The van der Waals surface area contributed by atoms with Gasteiger partial charge in [-0.15, -0.1) is 0 Å². The van der Waals surface area contributed by atoms with Gasteiger partial charge in [-0.05, 0) is 42.6 Å². The molecule has 1 N–H and O–H groups in total. The minimum atomic E-state index is -0.0874. The van der Waals surface area contributed by atoms with Crippen molar-refractivity contribution in [2.75, 3.05) is 19.6 Å². The summed E-state index contributed by atoms with van der Waals surface area (Å²) in [4.78, 5) is 14.6. The number of furan rings is 2. The van der Waals surface area contributed by atoms with E-state index in [2.05, 4.69) is 10.2 Å². The highest BCUT2D eigenvalue weighted by Crippen LogP contribution is 2.54. The van der Waals surface area contributed by atoms with E-state index in [-0.39, 0.29) is 17.6 Å². The Labute approximate surface area is 156 Å². The van der Waals surface area contributed by atoms with Gasteiger partial charge in [0.15, 0.2) is 5.22 Å². The van der Waals surface area contributed by atoms with Crippen LogP contribution >= 0.6 is 11.6 Å². The second-order valence-corrected chi connectivity index (χ2v) is 8.00. The van der Waals surface area contributed by atoms with Crippen LogP contribution in [0.2, 0.25) is 5.22 Å². The number of hydrogen-bond donors (Lipinski definition) is 1. The molecule has 4 atom stereocenters. The maximum absolute atomic E-state index is 12.2. The molecule has 138 valence electrons. The lowest BCUT2D eigenvalue weighted by Crippen LogP contribution is -2.41. The topological polar surface area (TPSA) is 67.9 Å². The van der Waals surface area contributed by atoms with Crippen LogP contribution in [0.4, 0.5) is 0 Å². The van der Waals surface area contributed by atoms with Gasteiger partial charge in [-0.1, -0.05) is 0 Å². The average Bonchev–Trinajstić information content (AvgIpc) is 3.40. The summed E-state index contributed by atoms with van der Waals surface area (Å²) in [5.74, 6) is 1.59. The van der Waals surface area contributed by atoms with E-state index in [4.69, 9.17) is 25.2 Å². The van der Waals surface area contributed by atoms with Crippen molar-refractivity contribution < 1.29 is 18.4 Å². The van der Waals surface area contributed by atoms with Crippen LogP contribution in [0.25, 0.3) is 0 Å². The number of carbonyl (C=O) groups is 1. The minimum absolute atomic E-state index is 0.0634. The molecular weight excluding hydrogens is 356 g/mol. The van der Waals surface area contributed by atoms with Crippen LogP contribution in [-0.2, 0) is 11.3 Å². The summed E-state index contributed by atoms with van der Waals surface area (Å²) >= 11 is 5.88. The smallest absolute Gasteiger partial charge is 0.254 e. The summed E-state index contributed by atoms with van der Waals surface area (Å²) in [5.41, 5.74) is 0.498. The van der Waals surface area contributed by atoms with Gasteiger partial charge in [0.05, 0.1) is 30.1 Å². The first-order valence-electron chi connectivity index (χ1n) is 9.08. The molecule has 6 nitrogen and oxygen atoms in total. The van der Waals surface area contributed by atoms with Crippen LogP contribution in [0.15, 0.2) is 39.6 Å². The number of carbonyl (C=O) groups excluding carboxylic acids is 1. The minimum Gasteiger partial charge on any atom is -0.472 e. The number of amides is 1. The van der Waals surface area contributed by atoms with Crippen LogP contribution in [0, 0.1) is 11.8 Å². The van der Waals surface area contributed by atoms with Crippen molar-refractivity contribution in [2.24, 2.45) is 11.8 Å². The molecule has 7 heteroatoms. The normalized spacial score (nSPS) is 32.9. The Bertz CT molecular complexity index is 804. The van der Waals surface area contributed by atoms with E-state index in [9.17, 15) is 4.79 Å². The molecule has 3 fully saturated rings. The van der Waals surface area contributed by atoms with Gasteiger partial charge in [-0.3, -0.25) is 9.69 Å². The largest absolute Gasteiger partial charge is 0.472 e. The summed E-state index contributed by atoms with van der Waals surface area (Å²) in [5, 5.41) is 3.48. The van der Waals surface area contributed by atoms with Gasteiger partial charge >= 0.3 is 0 Å². The molecule has 5 rings (SSSR count). The third kappa shape index (κ3) is 2.68. The van der Waals surface area contributed by atoms with Crippen molar-refractivity contribution in [2.45, 2.75) is 31.1 Å². The fourth-order valence-corrected chi connectivity index (χ4v) is 5.21. The molecule has 1 amide bonds. The van der Waals surface area contributed by atoms with Crippen LogP contribution in [0.3, 0.4) is 0 Å². The van der Waals surface area contributed by atoms with Crippen LogP contribution < -0.4 is 5.32 Å². The SMILES string of the molecule is O=C(NC[C@H]1[C@H]2CN(Cc3ccc(Cl)o3)C[C@]23CC[C@H]1O3)c1ccoc1. The van der Waals surface area contributed by atoms with Crippen molar-refractivity contribution in [3.8, 4) is 0 Å². The predicted octanol–water partition coefficient (Wildman–Crippen LogP) is 2.94. The zero-order valence-electron chi connectivity index (χ0n) is 14.3. The molecule has 26 heavy (non-hydrogen) atoms. The molecule has 0 radical (unpaired) electrons. The second kappa shape index (κ2) is 6.15. The first-order valence-corrected chi connectivity index (χ1v) is 9.45. The Morgan fingerprint density at radius 3 is 3.08 bits per heavy atom. The van der Waals surface area contributed by atoms with Crippen LogP contribution in [0.1, 0.15) is 29.0 Å². The molecule has 3 saturated heterocycles. The predicted molar refractivity (Wildman–Crippen MR) is 93.9 cm³/mol. The molecular formula is C19H21ClN2O4. The van der Waals surface area contributed by atoms with E-state index in [0.29, 0.717) is 29.2 Å². The van der Waals surface area contributed by atoms with Crippen molar-refractivity contribution in [3.05, 3.63) is 47.3 Å². The van der Waals surface area contributed by atoms with E-state index in [1.165, 1.54) is 12.5 Å². The Balaban J connectivity index is 1.25. The van der Waals surface area contributed by atoms with E-state index < -0.39 is 0 Å². The number of fused-ring (bicyclic) bond motifs is 1. The maximum Gasteiger partial charge on any atom is 0.254 e. The zero-order chi connectivity index (χ0) is 17.7. The molecule has 0 aromatic carbocycles. The lowest BCUT2D eigenvalue weighted by atomic mass is 9.73. The van der Waals surface area contributed by atoms with Crippen molar-refractivity contribution in [1.29, 1.82) is 0 Å². The van der Waals surface area contributed by atoms with Gasteiger partial charge in [0.2, 0.25) is 0 Å². The van der Waals surface area contributed by atoms with Gasteiger partial charge < -0.3 is 18.9 Å². The fraction of sp³-hybridized carbons (Fsp3) is 0.526. The monoisotopic (exact) mass is 376 g/mol. The van der Waals surface area contributed by atoms with Gasteiger partial charge in [0, 0.05) is 31.5 Å². The van der Waals surface area contributed by atoms with Gasteiger partial charge in [0.1, 0.15) is 12.0 Å². The molecule has 0 saturated carbocycles. The average molecular weight is 377 g/mol. The standard InChI is InChI=1S/C19H21ClN2O4/c20-17-2-1-13(25-17)8-22-9-15-14(16-3-5-19(15,11-22)26-16)7-21-18(23)12-4-6-24-10-12/h1-2,4,6,10,14-16H,3,5,7-9,11H2,(H,21,23)/t14-,15+,16+,19+/m0/s1. The van der Waals surface area contributed by atoms with Crippen molar-refractivity contribution in [3.63, 3.8) is 0 Å².